The smallest absolute Gasteiger partial charge is 0.308 e. The van der Waals surface area contributed by atoms with Crippen LogP contribution in [0.5, 0.6) is 0 Å². The van der Waals surface area contributed by atoms with Crippen molar-refractivity contribution in [3.63, 3.8) is 0 Å². The number of fused-ring (bicyclic) bond motifs is 4. The van der Waals surface area contributed by atoms with E-state index in [0.717, 1.165) is 38.6 Å². The lowest BCUT2D eigenvalue weighted by Crippen LogP contribution is -2.59. The van der Waals surface area contributed by atoms with Crippen LogP contribution in [0.1, 0.15) is 172 Å². The number of hydrogen-bond acceptors (Lipinski definition) is 11. The molecule has 7 aromatic rings. The molecule has 6 atom stereocenters. The number of carbonyl (C=O) groups excluding carboxylic acids is 4. The number of benzene rings is 3. The van der Waals surface area contributed by atoms with Gasteiger partial charge in [-0.15, -0.1) is 15.3 Å². The van der Waals surface area contributed by atoms with Crippen molar-refractivity contribution < 1.29 is 67.5 Å². The molecule has 0 radical (unpaired) electrons. The van der Waals surface area contributed by atoms with Crippen LogP contribution in [0, 0.1) is 5.82 Å². The van der Waals surface area contributed by atoms with Gasteiger partial charge in [-0.2, -0.15) is 13.9 Å². The summed E-state index contributed by atoms with van der Waals surface area (Å²) in [6, 6.07) is 25.1. The van der Waals surface area contributed by atoms with E-state index in [1.54, 1.807) is 66.2 Å². The molecular formula is C61H62F11N15O4. The van der Waals surface area contributed by atoms with Gasteiger partial charge in [-0.25, -0.2) is 68.5 Å². The highest BCUT2D eigenvalue weighted by Gasteiger charge is 2.52. The number of hydrogen-bond donors (Lipinski definition) is 0. The predicted octanol–water partition coefficient (Wildman–Crippen LogP) is 9.66. The molecule has 4 aromatic heterocycles. The third-order valence-electron chi connectivity index (χ3n) is 17.6. The van der Waals surface area contributed by atoms with Crippen molar-refractivity contribution in [2.75, 3.05) is 52.4 Å². The monoisotopic (exact) mass is 1280 g/mol. The molecule has 4 amide bonds. The van der Waals surface area contributed by atoms with E-state index in [2.05, 4.69) is 35.3 Å². The lowest BCUT2D eigenvalue weighted by molar-refractivity contribution is -0.113. The average Bonchev–Trinajstić information content (AvgIpc) is 1.62. The second-order valence-electron chi connectivity index (χ2n) is 24.7. The molecule has 8 aliphatic rings. The number of rotatable bonds is 9. The van der Waals surface area contributed by atoms with Crippen LogP contribution < -0.4 is 0 Å². The number of carbonyl (C=O) groups is 4. The molecule has 4 saturated heterocycles. The van der Waals surface area contributed by atoms with Gasteiger partial charge >= 0.3 is 5.92 Å². The average molecular weight is 1280 g/mol. The lowest BCUT2D eigenvalue weighted by Gasteiger charge is -2.41. The second kappa shape index (κ2) is 23.6. The normalized spacial score (nSPS) is 23.9. The van der Waals surface area contributed by atoms with Crippen LogP contribution in [0.25, 0.3) is 0 Å². The quantitative estimate of drug-likeness (QED) is 0.125. The molecule has 0 bridgehead atoms. The van der Waals surface area contributed by atoms with Crippen molar-refractivity contribution in [2.24, 2.45) is 0 Å². The molecule has 15 rings (SSSR count). The van der Waals surface area contributed by atoms with Crippen molar-refractivity contribution >= 4 is 23.6 Å². The summed E-state index contributed by atoms with van der Waals surface area (Å²) in [5, 5.41) is 16.5. The molecule has 0 saturated carbocycles. The number of aromatic nitrogens is 11. The lowest BCUT2D eigenvalue weighted by atomic mass is 9.88. The van der Waals surface area contributed by atoms with Crippen LogP contribution >= 0.6 is 0 Å². The maximum Gasteiger partial charge on any atom is 0.308 e. The zero-order valence-electron chi connectivity index (χ0n) is 49.4. The van der Waals surface area contributed by atoms with Crippen molar-refractivity contribution in [1.29, 1.82) is 0 Å². The largest absolute Gasteiger partial charge is 0.330 e. The number of alkyl halides is 10. The minimum absolute atomic E-state index is 0.0508. The first kappa shape index (κ1) is 62.6. The summed E-state index contributed by atoms with van der Waals surface area (Å²) in [7, 11) is 0. The molecule has 12 heterocycles. The standard InChI is InChI=1S/C17H16F3N3O.C16H15F3N4O.C15H14F2N4O.C13H17F3N4O/c18-13-6-2-1-4-11(13)12-5-3-7-23-15(12)8-14(21-23)16(24)22-9-17(19,20)10-22;1-15(17)8-22(9-15)13(24)12-20-14-16(18,19)7-11(23(14)21-12)10-5-3-2-4-6-10;16-10-7-20(8-10)15(22)13-18-14-11(17)6-12(21(14)19-13)9-4-2-1-3-5-9;1-3-12(2,14)8-4-5-9-17-10(18-20(8)9)11(21)19-6-13(15,16)7-19/h1-2,4,6,8,12H,3,5,7,9-10H2;2-6,11H,7-9H2,1H3;1-5,10-12H,6-8H2;8H,3-7H2,1-2H3/t;11-;11-,12-;/m.11./s1. The topological polar surface area (TPSA) is 191 Å². The van der Waals surface area contributed by atoms with Crippen LogP contribution in [-0.4, -0.2) is 179 Å². The summed E-state index contributed by atoms with van der Waals surface area (Å²) in [6.45, 7) is 2.92. The van der Waals surface area contributed by atoms with E-state index in [-0.39, 0.29) is 79.4 Å². The SMILES string of the molecule is CC1(F)CN(C(=O)c2nc3n(n2)[C@@H](c2ccccc2)CC3(F)F)C1.CCC(C)(F)C1CCc2nc(C(=O)N3CC(F)(F)C3)nn21.O=C(c1cc2n(n1)CCCC2c1ccccc1F)N1CC(F)(F)C1.O=C(c1nc2n(n1)[C@@H](c1ccccc1)C[C@H]2F)N1CC(F)C1. The minimum atomic E-state index is -3.16. The van der Waals surface area contributed by atoms with Gasteiger partial charge in [-0.05, 0) is 68.4 Å². The second-order valence-corrected chi connectivity index (χ2v) is 24.7. The molecule has 3 unspecified atom stereocenters. The van der Waals surface area contributed by atoms with E-state index in [9.17, 15) is 67.5 Å². The van der Waals surface area contributed by atoms with Gasteiger partial charge in [0, 0.05) is 37.4 Å². The Morgan fingerprint density at radius 2 is 1.16 bits per heavy atom. The summed E-state index contributed by atoms with van der Waals surface area (Å²) in [4.78, 5) is 65.2. The molecule has 0 spiro atoms. The van der Waals surface area contributed by atoms with Crippen LogP contribution in [0.15, 0.2) is 91.0 Å². The molecule has 3 aromatic carbocycles. The Labute approximate surface area is 513 Å². The minimum Gasteiger partial charge on any atom is -0.330 e. The van der Waals surface area contributed by atoms with Crippen LogP contribution in [0.2, 0.25) is 0 Å². The zero-order valence-corrected chi connectivity index (χ0v) is 49.4. The Bertz CT molecular complexity index is 3860. The van der Waals surface area contributed by atoms with Gasteiger partial charge in [0.1, 0.15) is 29.2 Å². The highest BCUT2D eigenvalue weighted by molar-refractivity contribution is 5.94. The Morgan fingerprint density at radius 3 is 1.76 bits per heavy atom. The van der Waals surface area contributed by atoms with E-state index in [0.29, 0.717) is 42.8 Å². The fourth-order valence-electron chi connectivity index (χ4n) is 12.5. The molecule has 4 fully saturated rings. The number of likely N-dealkylation sites (tertiary alicyclic amines) is 4. The van der Waals surface area contributed by atoms with Gasteiger partial charge in [-0.3, -0.25) is 23.9 Å². The maximum absolute atomic E-state index is 14.5. The number of nitrogens with zero attached hydrogens (tertiary/aromatic N) is 15. The first-order valence-corrected chi connectivity index (χ1v) is 29.9. The molecule has 8 aliphatic heterocycles. The van der Waals surface area contributed by atoms with Gasteiger partial charge in [0.15, 0.2) is 23.5 Å². The van der Waals surface area contributed by atoms with E-state index in [4.69, 9.17) is 0 Å². The van der Waals surface area contributed by atoms with Gasteiger partial charge in [0.05, 0.1) is 70.5 Å². The fourth-order valence-corrected chi connectivity index (χ4v) is 12.5. The van der Waals surface area contributed by atoms with Crippen LogP contribution in [-0.2, 0) is 18.9 Å². The first-order valence-electron chi connectivity index (χ1n) is 29.9. The number of aryl methyl sites for hydroxylation is 2. The molecule has 19 nitrogen and oxygen atoms in total. The van der Waals surface area contributed by atoms with Crippen LogP contribution in [0.3, 0.4) is 0 Å². The van der Waals surface area contributed by atoms with E-state index < -0.39 is 116 Å². The highest BCUT2D eigenvalue weighted by Crippen LogP contribution is 2.46. The van der Waals surface area contributed by atoms with Gasteiger partial charge in [0.25, 0.3) is 35.5 Å². The third kappa shape index (κ3) is 12.4. The van der Waals surface area contributed by atoms with Crippen molar-refractivity contribution in [3.8, 4) is 0 Å². The molecule has 0 aliphatic carbocycles. The van der Waals surface area contributed by atoms with E-state index >= 15 is 0 Å². The Kier molecular flexibility index (Phi) is 16.2. The highest BCUT2D eigenvalue weighted by atomic mass is 19.3. The Morgan fingerprint density at radius 1 is 0.626 bits per heavy atom. The summed E-state index contributed by atoms with van der Waals surface area (Å²) >= 11 is 0. The maximum atomic E-state index is 14.5. The summed E-state index contributed by atoms with van der Waals surface area (Å²) < 4.78 is 155. The van der Waals surface area contributed by atoms with E-state index in [1.807, 2.05) is 30.3 Å². The summed E-state index contributed by atoms with van der Waals surface area (Å²) in [6.07, 6.45) is 0.655. The van der Waals surface area contributed by atoms with E-state index in [1.165, 1.54) is 39.1 Å². The van der Waals surface area contributed by atoms with Crippen molar-refractivity contribution in [1.82, 2.24) is 73.7 Å². The van der Waals surface area contributed by atoms with Gasteiger partial charge in [-0.1, -0.05) is 85.8 Å². The Hall–Kier alpha value is -8.60. The number of halogens is 11. The molecule has 30 heteroatoms. The predicted molar refractivity (Wildman–Crippen MR) is 301 cm³/mol. The van der Waals surface area contributed by atoms with Gasteiger partial charge in [0.2, 0.25) is 17.5 Å². The fraction of sp³-hybridized carbons (Fsp3) is 0.492. The zero-order chi connectivity index (χ0) is 64.7. The van der Waals surface area contributed by atoms with Crippen LogP contribution in [0.4, 0.5) is 48.3 Å². The third-order valence-corrected chi connectivity index (χ3v) is 17.6. The summed E-state index contributed by atoms with van der Waals surface area (Å²) in [5.41, 5.74) is 0.247. The molecule has 0 N–H and O–H groups in total. The number of amides is 4. The van der Waals surface area contributed by atoms with Crippen molar-refractivity contribution in [2.45, 2.75) is 138 Å². The summed E-state index contributed by atoms with van der Waals surface area (Å²) in [5.74, 6) is -11.6. The molecular weight excluding hydrogens is 1220 g/mol. The molecule has 482 valence electrons. The first-order chi connectivity index (χ1) is 43.1. The van der Waals surface area contributed by atoms with Crippen molar-refractivity contribution in [3.05, 3.63) is 160 Å². The Balaban J connectivity index is 0.000000117. The molecule has 91 heavy (non-hydrogen) atoms. The van der Waals surface area contributed by atoms with Gasteiger partial charge < -0.3 is 19.6 Å².